The molecule has 4 heteroatoms. The summed E-state index contributed by atoms with van der Waals surface area (Å²) in [5.41, 5.74) is 6.09. The number of aromatic nitrogens is 1. The van der Waals surface area contributed by atoms with Gasteiger partial charge in [0.1, 0.15) is 12.1 Å². The van der Waals surface area contributed by atoms with Crippen molar-refractivity contribution in [1.29, 1.82) is 0 Å². The minimum absolute atomic E-state index is 0.262. The van der Waals surface area contributed by atoms with Gasteiger partial charge in [-0.1, -0.05) is 0 Å². The van der Waals surface area contributed by atoms with Gasteiger partial charge < -0.3 is 10.2 Å². The SMILES string of the molecule is Nc1ccc(-c2ncco2)c(F)c1. The van der Waals surface area contributed by atoms with Crippen LogP contribution < -0.4 is 5.73 Å². The molecule has 0 aliphatic carbocycles. The summed E-state index contributed by atoms with van der Waals surface area (Å²) < 4.78 is 18.2. The van der Waals surface area contributed by atoms with Gasteiger partial charge >= 0.3 is 0 Å². The number of nitrogen functional groups attached to an aromatic ring is 1. The van der Waals surface area contributed by atoms with Gasteiger partial charge in [0.15, 0.2) is 0 Å². The van der Waals surface area contributed by atoms with Crippen molar-refractivity contribution in [2.75, 3.05) is 5.73 Å². The first kappa shape index (κ1) is 7.79. The number of hydrogen-bond donors (Lipinski definition) is 1. The van der Waals surface area contributed by atoms with Gasteiger partial charge in [0.25, 0.3) is 0 Å². The van der Waals surface area contributed by atoms with Crippen molar-refractivity contribution in [3.8, 4) is 11.5 Å². The minimum Gasteiger partial charge on any atom is -0.444 e. The van der Waals surface area contributed by atoms with E-state index in [9.17, 15) is 4.39 Å². The molecule has 3 nitrogen and oxygen atoms in total. The van der Waals surface area contributed by atoms with E-state index >= 15 is 0 Å². The fraction of sp³-hybridized carbons (Fsp3) is 0. The molecule has 2 aromatic rings. The summed E-state index contributed by atoms with van der Waals surface area (Å²) in [6.07, 6.45) is 2.86. The van der Waals surface area contributed by atoms with Crippen molar-refractivity contribution in [2.24, 2.45) is 0 Å². The summed E-state index contributed by atoms with van der Waals surface area (Å²) in [4.78, 5) is 3.83. The first-order chi connectivity index (χ1) is 6.27. The zero-order valence-corrected chi connectivity index (χ0v) is 6.70. The Morgan fingerprint density at radius 2 is 2.23 bits per heavy atom. The molecule has 1 heterocycles. The monoisotopic (exact) mass is 178 g/mol. The van der Waals surface area contributed by atoms with Gasteiger partial charge in [-0.3, -0.25) is 0 Å². The number of oxazole rings is 1. The van der Waals surface area contributed by atoms with Crippen LogP contribution in [0.25, 0.3) is 11.5 Å². The third kappa shape index (κ3) is 1.38. The van der Waals surface area contributed by atoms with Crippen molar-refractivity contribution >= 4 is 5.69 Å². The smallest absolute Gasteiger partial charge is 0.228 e. The van der Waals surface area contributed by atoms with Crippen molar-refractivity contribution in [1.82, 2.24) is 4.98 Å². The maximum atomic E-state index is 13.2. The fourth-order valence-electron chi connectivity index (χ4n) is 1.06. The zero-order chi connectivity index (χ0) is 9.26. The van der Waals surface area contributed by atoms with E-state index in [1.807, 2.05) is 0 Å². The number of benzene rings is 1. The van der Waals surface area contributed by atoms with Crippen molar-refractivity contribution < 1.29 is 8.81 Å². The zero-order valence-electron chi connectivity index (χ0n) is 6.70. The van der Waals surface area contributed by atoms with E-state index in [2.05, 4.69) is 4.98 Å². The molecule has 0 radical (unpaired) electrons. The average molecular weight is 178 g/mol. The molecule has 0 aliphatic heterocycles. The first-order valence-electron chi connectivity index (χ1n) is 3.72. The van der Waals surface area contributed by atoms with Gasteiger partial charge in [-0.2, -0.15) is 0 Å². The van der Waals surface area contributed by atoms with Crippen LogP contribution in [0.3, 0.4) is 0 Å². The van der Waals surface area contributed by atoms with Crippen LogP contribution in [0, 0.1) is 5.82 Å². The third-order valence-electron chi connectivity index (χ3n) is 1.66. The molecule has 1 aromatic heterocycles. The maximum absolute atomic E-state index is 13.2. The Bertz CT molecular complexity index is 412. The van der Waals surface area contributed by atoms with Crippen LogP contribution in [-0.4, -0.2) is 4.98 Å². The van der Waals surface area contributed by atoms with Crippen molar-refractivity contribution in [3.63, 3.8) is 0 Å². The second-order valence-corrected chi connectivity index (χ2v) is 2.58. The summed E-state index contributed by atoms with van der Waals surface area (Å²) in [7, 11) is 0. The topological polar surface area (TPSA) is 52.0 Å². The number of halogens is 1. The largest absolute Gasteiger partial charge is 0.444 e. The van der Waals surface area contributed by atoms with E-state index in [-0.39, 0.29) is 5.89 Å². The molecule has 0 fully saturated rings. The molecule has 0 saturated heterocycles. The lowest BCUT2D eigenvalue weighted by Gasteiger charge is -1.98. The molecule has 0 saturated carbocycles. The Morgan fingerprint density at radius 3 is 2.85 bits per heavy atom. The highest BCUT2D eigenvalue weighted by Gasteiger charge is 2.08. The molecule has 13 heavy (non-hydrogen) atoms. The number of nitrogens with zero attached hydrogens (tertiary/aromatic N) is 1. The molecule has 0 aliphatic rings. The summed E-state index contributed by atoms with van der Waals surface area (Å²) >= 11 is 0. The number of hydrogen-bond acceptors (Lipinski definition) is 3. The molecule has 0 unspecified atom stereocenters. The van der Waals surface area contributed by atoms with E-state index in [0.29, 0.717) is 11.3 Å². The van der Waals surface area contributed by atoms with Crippen molar-refractivity contribution in [3.05, 3.63) is 36.5 Å². The predicted molar refractivity (Wildman–Crippen MR) is 46.3 cm³/mol. The molecule has 2 rings (SSSR count). The molecule has 66 valence electrons. The van der Waals surface area contributed by atoms with Crippen LogP contribution in [0.15, 0.2) is 35.1 Å². The number of rotatable bonds is 1. The Morgan fingerprint density at radius 1 is 1.38 bits per heavy atom. The van der Waals surface area contributed by atoms with Crippen LogP contribution >= 0.6 is 0 Å². The van der Waals surface area contributed by atoms with E-state index in [1.165, 1.54) is 24.6 Å². The lowest BCUT2D eigenvalue weighted by Crippen LogP contribution is -1.89. The normalized spacial score (nSPS) is 10.2. The Kier molecular flexibility index (Phi) is 1.73. The molecule has 0 atom stereocenters. The summed E-state index contributed by atoms with van der Waals surface area (Å²) in [5.74, 6) is -0.167. The lowest BCUT2D eigenvalue weighted by atomic mass is 10.2. The van der Waals surface area contributed by atoms with Crippen LogP contribution in [0.2, 0.25) is 0 Å². The van der Waals surface area contributed by atoms with Gasteiger partial charge in [-0.15, -0.1) is 0 Å². The van der Waals surface area contributed by atoms with Crippen LogP contribution in [0.5, 0.6) is 0 Å². The predicted octanol–water partition coefficient (Wildman–Crippen LogP) is 2.06. The highest BCUT2D eigenvalue weighted by atomic mass is 19.1. The highest BCUT2D eigenvalue weighted by molar-refractivity contribution is 5.58. The Hall–Kier alpha value is -1.84. The Labute approximate surface area is 74.0 Å². The summed E-state index contributed by atoms with van der Waals surface area (Å²) in [6.45, 7) is 0. The number of nitrogens with two attached hydrogens (primary N) is 1. The molecule has 0 amide bonds. The minimum atomic E-state index is -0.428. The highest BCUT2D eigenvalue weighted by Crippen LogP contribution is 2.22. The van der Waals surface area contributed by atoms with E-state index in [0.717, 1.165) is 0 Å². The third-order valence-corrected chi connectivity index (χ3v) is 1.66. The number of anilines is 1. The standard InChI is InChI=1S/C9H7FN2O/c10-8-5-6(11)1-2-7(8)9-12-3-4-13-9/h1-5H,11H2. The lowest BCUT2D eigenvalue weighted by molar-refractivity contribution is 0.562. The second kappa shape index (κ2) is 2.90. The van der Waals surface area contributed by atoms with Crippen LogP contribution in [0.1, 0.15) is 0 Å². The van der Waals surface area contributed by atoms with E-state index in [4.69, 9.17) is 10.2 Å². The van der Waals surface area contributed by atoms with Gasteiger partial charge in [0, 0.05) is 5.69 Å². The molecular formula is C9H7FN2O. The first-order valence-corrected chi connectivity index (χ1v) is 3.72. The van der Waals surface area contributed by atoms with Gasteiger partial charge in [-0.25, -0.2) is 9.37 Å². The Balaban J connectivity index is 2.53. The maximum Gasteiger partial charge on any atom is 0.228 e. The molecule has 0 spiro atoms. The van der Waals surface area contributed by atoms with Gasteiger partial charge in [0.2, 0.25) is 5.89 Å². The van der Waals surface area contributed by atoms with Crippen molar-refractivity contribution in [2.45, 2.75) is 0 Å². The molecule has 2 N–H and O–H groups in total. The fourth-order valence-corrected chi connectivity index (χ4v) is 1.06. The van der Waals surface area contributed by atoms with Crippen LogP contribution in [0.4, 0.5) is 10.1 Å². The van der Waals surface area contributed by atoms with Gasteiger partial charge in [-0.05, 0) is 18.2 Å². The van der Waals surface area contributed by atoms with Crippen LogP contribution in [-0.2, 0) is 0 Å². The van der Waals surface area contributed by atoms with E-state index in [1.54, 1.807) is 6.07 Å². The van der Waals surface area contributed by atoms with Gasteiger partial charge in [0.05, 0.1) is 11.8 Å². The molecular weight excluding hydrogens is 171 g/mol. The molecule has 1 aromatic carbocycles. The second-order valence-electron chi connectivity index (χ2n) is 2.58. The molecule has 0 bridgehead atoms. The van der Waals surface area contributed by atoms with E-state index < -0.39 is 5.82 Å². The average Bonchev–Trinajstić information content (AvgIpc) is 2.56. The summed E-state index contributed by atoms with van der Waals surface area (Å²) in [6, 6.07) is 4.37. The quantitative estimate of drug-likeness (QED) is 0.680. The summed E-state index contributed by atoms with van der Waals surface area (Å²) in [5, 5.41) is 0.